The van der Waals surface area contributed by atoms with Gasteiger partial charge < -0.3 is 5.32 Å². The SMILES string of the molecule is CC1c2ccc(NC(=O)CCCCNS(=O)(=O)C(C)C)cc2C(C)C1C. The van der Waals surface area contributed by atoms with Gasteiger partial charge in [0.2, 0.25) is 15.9 Å². The number of rotatable bonds is 8. The predicted octanol–water partition coefficient (Wildman–Crippen LogP) is 3.98. The zero-order valence-electron chi connectivity index (χ0n) is 16.5. The fourth-order valence-electron chi connectivity index (χ4n) is 3.48. The van der Waals surface area contributed by atoms with Crippen LogP contribution in [0, 0.1) is 5.92 Å². The van der Waals surface area contributed by atoms with E-state index >= 15 is 0 Å². The first kappa shape index (κ1) is 20.9. The van der Waals surface area contributed by atoms with Crippen LogP contribution in [-0.4, -0.2) is 26.1 Å². The van der Waals surface area contributed by atoms with Crippen molar-refractivity contribution in [3.63, 3.8) is 0 Å². The van der Waals surface area contributed by atoms with Gasteiger partial charge in [-0.1, -0.05) is 26.8 Å². The maximum Gasteiger partial charge on any atom is 0.224 e. The zero-order valence-corrected chi connectivity index (χ0v) is 17.3. The van der Waals surface area contributed by atoms with Gasteiger partial charge in [-0.2, -0.15) is 0 Å². The van der Waals surface area contributed by atoms with Gasteiger partial charge in [-0.3, -0.25) is 4.79 Å². The van der Waals surface area contributed by atoms with Gasteiger partial charge in [0.25, 0.3) is 0 Å². The monoisotopic (exact) mass is 380 g/mol. The Morgan fingerprint density at radius 3 is 2.38 bits per heavy atom. The van der Waals surface area contributed by atoms with Crippen molar-refractivity contribution in [3.05, 3.63) is 29.3 Å². The number of hydrogen-bond donors (Lipinski definition) is 2. The quantitative estimate of drug-likeness (QED) is 0.670. The molecular weight excluding hydrogens is 348 g/mol. The molecule has 1 aliphatic rings. The Labute approximate surface area is 158 Å². The highest BCUT2D eigenvalue weighted by atomic mass is 32.2. The summed E-state index contributed by atoms with van der Waals surface area (Å²) < 4.78 is 25.9. The summed E-state index contributed by atoms with van der Waals surface area (Å²) in [5, 5.41) is 2.54. The second-order valence-corrected chi connectivity index (χ2v) is 10.1. The molecule has 1 aromatic carbocycles. The van der Waals surface area contributed by atoms with E-state index in [1.165, 1.54) is 11.1 Å². The molecule has 146 valence electrons. The van der Waals surface area contributed by atoms with Crippen LogP contribution in [0.4, 0.5) is 5.69 Å². The number of unbranched alkanes of at least 4 members (excludes halogenated alkanes) is 1. The van der Waals surface area contributed by atoms with Crippen LogP contribution in [0.3, 0.4) is 0 Å². The molecule has 3 unspecified atom stereocenters. The van der Waals surface area contributed by atoms with E-state index in [-0.39, 0.29) is 5.91 Å². The third-order valence-electron chi connectivity index (χ3n) is 5.68. The standard InChI is InChI=1S/C20H32N2O3S/c1-13(2)26(24,25)21-11-7-6-8-20(23)22-17-9-10-18-15(4)14(3)16(5)19(18)12-17/h9-10,12-16,21H,6-8,11H2,1-5H3,(H,22,23). The van der Waals surface area contributed by atoms with Crippen LogP contribution in [0.1, 0.15) is 76.8 Å². The highest BCUT2D eigenvalue weighted by molar-refractivity contribution is 7.90. The summed E-state index contributed by atoms with van der Waals surface area (Å²) in [5.74, 6) is 1.65. The Morgan fingerprint density at radius 1 is 1.08 bits per heavy atom. The average molecular weight is 381 g/mol. The van der Waals surface area contributed by atoms with Crippen molar-refractivity contribution in [3.8, 4) is 0 Å². The molecule has 26 heavy (non-hydrogen) atoms. The molecule has 0 bridgehead atoms. The van der Waals surface area contributed by atoms with Crippen LogP contribution in [0.25, 0.3) is 0 Å². The van der Waals surface area contributed by atoms with Crippen molar-refractivity contribution in [2.24, 2.45) is 5.92 Å². The summed E-state index contributed by atoms with van der Waals surface area (Å²) in [5.41, 5.74) is 3.58. The van der Waals surface area contributed by atoms with E-state index < -0.39 is 15.3 Å². The van der Waals surface area contributed by atoms with Gasteiger partial charge in [-0.15, -0.1) is 0 Å². The topological polar surface area (TPSA) is 75.3 Å². The average Bonchev–Trinajstić information content (AvgIpc) is 2.78. The van der Waals surface area contributed by atoms with Crippen molar-refractivity contribution < 1.29 is 13.2 Å². The Morgan fingerprint density at radius 2 is 1.73 bits per heavy atom. The van der Waals surface area contributed by atoms with Crippen LogP contribution in [0.5, 0.6) is 0 Å². The van der Waals surface area contributed by atoms with Crippen LogP contribution in [0.15, 0.2) is 18.2 Å². The second kappa shape index (κ2) is 8.53. The minimum Gasteiger partial charge on any atom is -0.326 e. The lowest BCUT2D eigenvalue weighted by atomic mass is 9.91. The molecule has 0 aromatic heterocycles. The van der Waals surface area contributed by atoms with Crippen molar-refractivity contribution in [1.82, 2.24) is 4.72 Å². The van der Waals surface area contributed by atoms with Gasteiger partial charge in [0, 0.05) is 18.7 Å². The number of carbonyl (C=O) groups excluding carboxylic acids is 1. The van der Waals surface area contributed by atoms with Gasteiger partial charge in [0.05, 0.1) is 5.25 Å². The maximum absolute atomic E-state index is 12.1. The molecule has 0 fully saturated rings. The molecule has 3 atom stereocenters. The number of fused-ring (bicyclic) bond motifs is 1. The summed E-state index contributed by atoms with van der Waals surface area (Å²) in [6.45, 7) is 10.5. The molecule has 1 aromatic rings. The first-order chi connectivity index (χ1) is 12.1. The summed E-state index contributed by atoms with van der Waals surface area (Å²) in [7, 11) is -3.22. The fourth-order valence-corrected chi connectivity index (χ4v) is 4.24. The van der Waals surface area contributed by atoms with Crippen molar-refractivity contribution in [2.75, 3.05) is 11.9 Å². The number of amides is 1. The number of nitrogens with one attached hydrogen (secondary N) is 2. The van der Waals surface area contributed by atoms with Crippen LogP contribution < -0.4 is 10.0 Å². The molecule has 2 N–H and O–H groups in total. The lowest BCUT2D eigenvalue weighted by molar-refractivity contribution is -0.116. The molecule has 1 aliphatic carbocycles. The van der Waals surface area contributed by atoms with E-state index in [4.69, 9.17) is 0 Å². The van der Waals surface area contributed by atoms with Crippen LogP contribution in [0.2, 0.25) is 0 Å². The first-order valence-corrected chi connectivity index (χ1v) is 11.1. The van der Waals surface area contributed by atoms with Crippen molar-refractivity contribution in [2.45, 2.75) is 71.0 Å². The minimum absolute atomic E-state index is 0.0246. The van der Waals surface area contributed by atoms with E-state index in [0.29, 0.717) is 43.6 Å². The molecular formula is C20H32N2O3S. The molecule has 0 saturated heterocycles. The lowest BCUT2D eigenvalue weighted by Crippen LogP contribution is -2.31. The number of anilines is 1. The van der Waals surface area contributed by atoms with E-state index in [9.17, 15) is 13.2 Å². The van der Waals surface area contributed by atoms with Crippen LogP contribution in [-0.2, 0) is 14.8 Å². The van der Waals surface area contributed by atoms with Crippen LogP contribution >= 0.6 is 0 Å². The predicted molar refractivity (Wildman–Crippen MR) is 107 cm³/mol. The molecule has 0 heterocycles. The highest BCUT2D eigenvalue weighted by Gasteiger charge is 2.32. The number of sulfonamides is 1. The highest BCUT2D eigenvalue weighted by Crippen LogP contribution is 2.46. The third kappa shape index (κ3) is 4.86. The van der Waals surface area contributed by atoms with Gasteiger partial charge in [0.15, 0.2) is 0 Å². The number of hydrogen-bond acceptors (Lipinski definition) is 3. The van der Waals surface area contributed by atoms with Gasteiger partial charge in [0.1, 0.15) is 0 Å². The van der Waals surface area contributed by atoms with E-state index in [2.05, 4.69) is 42.9 Å². The largest absolute Gasteiger partial charge is 0.326 e. The van der Waals surface area contributed by atoms with Gasteiger partial charge in [-0.25, -0.2) is 13.1 Å². The number of benzene rings is 1. The Bertz CT molecular complexity index is 743. The molecule has 0 spiro atoms. The lowest BCUT2D eigenvalue weighted by Gasteiger charge is -2.13. The summed E-state index contributed by atoms with van der Waals surface area (Å²) in [4.78, 5) is 12.1. The molecule has 2 rings (SSSR count). The van der Waals surface area contributed by atoms with Crippen molar-refractivity contribution in [1.29, 1.82) is 0 Å². The molecule has 0 saturated carbocycles. The molecule has 5 nitrogen and oxygen atoms in total. The Kier molecular flexibility index (Phi) is 6.86. The molecule has 0 radical (unpaired) electrons. The molecule has 0 aliphatic heterocycles. The smallest absolute Gasteiger partial charge is 0.224 e. The molecule has 1 amide bonds. The fraction of sp³-hybridized carbons (Fsp3) is 0.650. The maximum atomic E-state index is 12.1. The summed E-state index contributed by atoms with van der Waals surface area (Å²) in [6, 6.07) is 6.22. The third-order valence-corrected chi connectivity index (χ3v) is 7.53. The van der Waals surface area contributed by atoms with Crippen molar-refractivity contribution >= 4 is 21.6 Å². The normalized spacial score (nSPS) is 22.5. The summed E-state index contributed by atoms with van der Waals surface area (Å²) in [6.07, 6.45) is 1.69. The minimum atomic E-state index is -3.22. The van der Waals surface area contributed by atoms with E-state index in [1.54, 1.807) is 13.8 Å². The zero-order chi connectivity index (χ0) is 19.5. The summed E-state index contributed by atoms with van der Waals surface area (Å²) >= 11 is 0. The van der Waals surface area contributed by atoms with E-state index in [1.807, 2.05) is 6.07 Å². The van der Waals surface area contributed by atoms with Gasteiger partial charge in [-0.05, 0) is 67.7 Å². The Balaban J connectivity index is 1.79. The van der Waals surface area contributed by atoms with Gasteiger partial charge >= 0.3 is 0 Å². The number of carbonyl (C=O) groups is 1. The molecule has 6 heteroatoms. The second-order valence-electron chi connectivity index (χ2n) is 7.77. The first-order valence-electron chi connectivity index (χ1n) is 9.55. The Hall–Kier alpha value is -1.40. The van der Waals surface area contributed by atoms with E-state index in [0.717, 1.165) is 5.69 Å².